The molecular weight excluding hydrogens is 232 g/mol. The Morgan fingerprint density at radius 2 is 1.84 bits per heavy atom. The van der Waals surface area contributed by atoms with Crippen LogP contribution >= 0.6 is 0 Å². The first-order valence-electron chi connectivity index (χ1n) is 7.74. The van der Waals surface area contributed by atoms with Crippen molar-refractivity contribution in [2.24, 2.45) is 11.7 Å². The molecule has 1 aromatic rings. The number of nitrogens with zero attached hydrogens (tertiary/aromatic N) is 1. The highest BCUT2D eigenvalue weighted by Gasteiger charge is 2.25. The maximum Gasteiger partial charge on any atom is 0.0218 e. The number of piperidine rings is 1. The second-order valence-electron chi connectivity index (χ2n) is 5.98. The largest absolute Gasteiger partial charge is 0.326 e. The van der Waals surface area contributed by atoms with Gasteiger partial charge in [0.15, 0.2) is 0 Å². The molecule has 2 nitrogen and oxygen atoms in total. The van der Waals surface area contributed by atoms with Gasteiger partial charge < -0.3 is 5.73 Å². The lowest BCUT2D eigenvalue weighted by Gasteiger charge is -2.38. The molecule has 1 aliphatic heterocycles. The average Bonchev–Trinajstić information content (AvgIpc) is 2.47. The Balaban J connectivity index is 1.79. The molecule has 0 bridgehead atoms. The first kappa shape index (κ1) is 14.5. The molecule has 0 aromatic heterocycles. The average molecular weight is 260 g/mol. The molecule has 0 aliphatic carbocycles. The Hall–Kier alpha value is -0.860. The molecule has 0 amide bonds. The van der Waals surface area contributed by atoms with Crippen molar-refractivity contribution in [3.05, 3.63) is 35.9 Å². The third kappa shape index (κ3) is 4.05. The van der Waals surface area contributed by atoms with Gasteiger partial charge >= 0.3 is 0 Å². The molecule has 1 fully saturated rings. The first-order valence-corrected chi connectivity index (χ1v) is 7.74. The van der Waals surface area contributed by atoms with Gasteiger partial charge in [-0.15, -0.1) is 0 Å². The molecule has 2 heteroatoms. The van der Waals surface area contributed by atoms with Gasteiger partial charge in [0, 0.05) is 12.1 Å². The van der Waals surface area contributed by atoms with Gasteiger partial charge in [-0.1, -0.05) is 37.3 Å². The van der Waals surface area contributed by atoms with E-state index in [0.29, 0.717) is 12.1 Å². The van der Waals surface area contributed by atoms with Crippen molar-refractivity contribution < 1.29 is 0 Å². The van der Waals surface area contributed by atoms with Gasteiger partial charge in [0.2, 0.25) is 0 Å². The van der Waals surface area contributed by atoms with E-state index in [0.717, 1.165) is 12.3 Å². The minimum atomic E-state index is 0.325. The summed E-state index contributed by atoms with van der Waals surface area (Å²) in [4.78, 5) is 2.58. The lowest BCUT2D eigenvalue weighted by Crippen LogP contribution is -2.49. The van der Waals surface area contributed by atoms with E-state index in [1.54, 1.807) is 0 Å². The summed E-state index contributed by atoms with van der Waals surface area (Å²) in [5.41, 5.74) is 7.65. The van der Waals surface area contributed by atoms with Crippen LogP contribution in [-0.2, 0) is 6.42 Å². The lowest BCUT2D eigenvalue weighted by molar-refractivity contribution is 0.124. The molecule has 2 atom stereocenters. The molecule has 1 aliphatic rings. The Morgan fingerprint density at radius 3 is 2.42 bits per heavy atom. The second kappa shape index (κ2) is 7.06. The zero-order valence-electron chi connectivity index (χ0n) is 12.4. The number of benzene rings is 1. The van der Waals surface area contributed by atoms with Crippen LogP contribution < -0.4 is 5.73 Å². The fraction of sp³-hybridized carbons (Fsp3) is 0.647. The third-order valence-electron chi connectivity index (χ3n) is 4.68. The summed E-state index contributed by atoms with van der Waals surface area (Å²) in [7, 11) is 0. The van der Waals surface area contributed by atoms with Crippen LogP contribution in [0.4, 0.5) is 0 Å². The predicted molar refractivity (Wildman–Crippen MR) is 82.2 cm³/mol. The van der Waals surface area contributed by atoms with E-state index < -0.39 is 0 Å². The summed E-state index contributed by atoms with van der Waals surface area (Å²) in [6, 6.07) is 11.7. The summed E-state index contributed by atoms with van der Waals surface area (Å²) >= 11 is 0. The Kier molecular flexibility index (Phi) is 5.41. The van der Waals surface area contributed by atoms with Gasteiger partial charge in [0.25, 0.3) is 0 Å². The van der Waals surface area contributed by atoms with Crippen LogP contribution in [0.5, 0.6) is 0 Å². The van der Waals surface area contributed by atoms with E-state index in [1.807, 2.05) is 0 Å². The standard InChI is InChI=1S/C17H28N2/c1-3-17(18)14(2)19-11-9-16(10-12-19)13-15-7-5-4-6-8-15/h4-8,14,16-17H,3,9-13,18H2,1-2H3. The van der Waals surface area contributed by atoms with E-state index in [-0.39, 0.29) is 0 Å². The number of hydrogen-bond acceptors (Lipinski definition) is 2. The summed E-state index contributed by atoms with van der Waals surface area (Å²) in [6.45, 7) is 6.90. The molecule has 2 rings (SSSR count). The normalized spacial score (nSPS) is 21.2. The van der Waals surface area contributed by atoms with Crippen molar-refractivity contribution in [1.29, 1.82) is 0 Å². The first-order chi connectivity index (χ1) is 9.20. The van der Waals surface area contributed by atoms with Gasteiger partial charge in [-0.05, 0) is 57.2 Å². The molecule has 19 heavy (non-hydrogen) atoms. The second-order valence-corrected chi connectivity index (χ2v) is 5.98. The monoisotopic (exact) mass is 260 g/mol. The van der Waals surface area contributed by atoms with Crippen LogP contribution in [0.15, 0.2) is 30.3 Å². The van der Waals surface area contributed by atoms with Gasteiger partial charge in [-0.3, -0.25) is 4.90 Å². The molecule has 0 saturated carbocycles. The van der Waals surface area contributed by atoms with Gasteiger partial charge in [-0.2, -0.15) is 0 Å². The van der Waals surface area contributed by atoms with Crippen molar-refractivity contribution in [3.8, 4) is 0 Å². The molecule has 1 aromatic carbocycles. The topological polar surface area (TPSA) is 29.3 Å². The minimum absolute atomic E-state index is 0.325. The highest BCUT2D eigenvalue weighted by molar-refractivity contribution is 5.15. The molecule has 1 heterocycles. The van der Waals surface area contributed by atoms with Crippen LogP contribution in [0.1, 0.15) is 38.7 Å². The van der Waals surface area contributed by atoms with E-state index in [1.165, 1.54) is 37.9 Å². The maximum absolute atomic E-state index is 6.16. The van der Waals surface area contributed by atoms with Crippen LogP contribution in [0.25, 0.3) is 0 Å². The van der Waals surface area contributed by atoms with E-state index in [2.05, 4.69) is 49.1 Å². The number of likely N-dealkylation sites (tertiary alicyclic amines) is 1. The Morgan fingerprint density at radius 1 is 1.21 bits per heavy atom. The lowest BCUT2D eigenvalue weighted by atomic mass is 9.89. The molecule has 106 valence electrons. The molecule has 1 saturated heterocycles. The van der Waals surface area contributed by atoms with Crippen molar-refractivity contribution in [1.82, 2.24) is 4.90 Å². The zero-order valence-corrected chi connectivity index (χ0v) is 12.4. The summed E-state index contributed by atoms with van der Waals surface area (Å²) in [5, 5.41) is 0. The predicted octanol–water partition coefficient (Wildman–Crippen LogP) is 3.07. The highest BCUT2D eigenvalue weighted by atomic mass is 15.2. The van der Waals surface area contributed by atoms with E-state index >= 15 is 0 Å². The summed E-state index contributed by atoms with van der Waals surface area (Å²) in [5.74, 6) is 0.851. The number of nitrogens with two attached hydrogens (primary N) is 1. The molecular formula is C17H28N2. The summed E-state index contributed by atoms with van der Waals surface area (Å²) < 4.78 is 0. The zero-order chi connectivity index (χ0) is 13.7. The third-order valence-corrected chi connectivity index (χ3v) is 4.68. The smallest absolute Gasteiger partial charge is 0.0218 e. The molecule has 2 N–H and O–H groups in total. The van der Waals surface area contributed by atoms with Crippen LogP contribution in [0.3, 0.4) is 0 Å². The van der Waals surface area contributed by atoms with Crippen LogP contribution in [-0.4, -0.2) is 30.1 Å². The fourth-order valence-corrected chi connectivity index (χ4v) is 3.12. The molecule has 0 spiro atoms. The highest BCUT2D eigenvalue weighted by Crippen LogP contribution is 2.23. The van der Waals surface area contributed by atoms with Crippen molar-refractivity contribution in [3.63, 3.8) is 0 Å². The minimum Gasteiger partial charge on any atom is -0.326 e. The van der Waals surface area contributed by atoms with Crippen molar-refractivity contribution in [2.75, 3.05) is 13.1 Å². The van der Waals surface area contributed by atoms with Crippen LogP contribution in [0, 0.1) is 5.92 Å². The Labute approximate surface area is 118 Å². The van der Waals surface area contributed by atoms with E-state index in [9.17, 15) is 0 Å². The van der Waals surface area contributed by atoms with Gasteiger partial charge in [0.1, 0.15) is 0 Å². The van der Waals surface area contributed by atoms with Gasteiger partial charge in [-0.25, -0.2) is 0 Å². The fourth-order valence-electron chi connectivity index (χ4n) is 3.12. The SMILES string of the molecule is CCC(N)C(C)N1CCC(Cc2ccccc2)CC1. The van der Waals surface area contributed by atoms with E-state index in [4.69, 9.17) is 5.73 Å². The Bertz CT molecular complexity index is 355. The van der Waals surface area contributed by atoms with Crippen molar-refractivity contribution >= 4 is 0 Å². The quantitative estimate of drug-likeness (QED) is 0.881. The molecule has 0 radical (unpaired) electrons. The van der Waals surface area contributed by atoms with Crippen molar-refractivity contribution in [2.45, 2.75) is 51.6 Å². The summed E-state index contributed by atoms with van der Waals surface area (Å²) in [6.07, 6.45) is 4.94. The number of rotatable bonds is 5. The van der Waals surface area contributed by atoms with Gasteiger partial charge in [0.05, 0.1) is 0 Å². The maximum atomic E-state index is 6.16. The number of hydrogen-bond donors (Lipinski definition) is 1. The molecule has 2 unspecified atom stereocenters. The van der Waals surface area contributed by atoms with Crippen LogP contribution in [0.2, 0.25) is 0 Å².